The highest BCUT2D eigenvalue weighted by Gasteiger charge is 2.26. The van der Waals surface area contributed by atoms with Crippen LogP contribution in [0.3, 0.4) is 0 Å². The van der Waals surface area contributed by atoms with Gasteiger partial charge in [-0.3, -0.25) is 14.4 Å². The van der Waals surface area contributed by atoms with Gasteiger partial charge in [0.05, 0.1) is 12.2 Å². The Morgan fingerprint density at radius 3 is 2.36 bits per heavy atom. The number of morpholine rings is 1. The van der Waals surface area contributed by atoms with Crippen LogP contribution in [0.4, 0.5) is 0 Å². The van der Waals surface area contributed by atoms with Gasteiger partial charge < -0.3 is 19.7 Å². The van der Waals surface area contributed by atoms with Crippen LogP contribution in [-0.2, 0) is 19.1 Å². The molecule has 0 unspecified atom stereocenters. The van der Waals surface area contributed by atoms with Crippen molar-refractivity contribution in [3.05, 3.63) is 35.4 Å². The van der Waals surface area contributed by atoms with Crippen LogP contribution in [0.5, 0.6) is 0 Å². The van der Waals surface area contributed by atoms with Crippen LogP contribution >= 0.6 is 0 Å². The lowest BCUT2D eigenvalue weighted by molar-refractivity contribution is -0.156. The molecule has 0 radical (unpaired) electrons. The average Bonchev–Trinajstić information content (AvgIpc) is 2.57. The molecule has 2 amide bonds. The Labute approximate surface area is 147 Å². The van der Waals surface area contributed by atoms with Gasteiger partial charge in [0.15, 0.2) is 6.61 Å². The molecule has 2 atom stereocenters. The molecule has 0 bridgehead atoms. The molecular formula is C18H24N2O5. The number of nitrogens with one attached hydrogen (secondary N) is 1. The lowest BCUT2D eigenvalue weighted by Crippen LogP contribution is -2.49. The quantitative estimate of drug-likeness (QED) is 0.800. The summed E-state index contributed by atoms with van der Waals surface area (Å²) < 4.78 is 10.5. The summed E-state index contributed by atoms with van der Waals surface area (Å²) in [5, 5.41) is 2.48. The van der Waals surface area contributed by atoms with Crippen molar-refractivity contribution in [2.75, 3.05) is 26.2 Å². The summed E-state index contributed by atoms with van der Waals surface area (Å²) in [5.41, 5.74) is 1.51. The van der Waals surface area contributed by atoms with Gasteiger partial charge in [-0.2, -0.15) is 0 Å². The Morgan fingerprint density at radius 2 is 1.76 bits per heavy atom. The minimum atomic E-state index is -0.650. The maximum absolute atomic E-state index is 12.1. The van der Waals surface area contributed by atoms with E-state index in [-0.39, 0.29) is 37.2 Å². The molecule has 0 aliphatic carbocycles. The summed E-state index contributed by atoms with van der Waals surface area (Å²) in [4.78, 5) is 37.3. The van der Waals surface area contributed by atoms with Gasteiger partial charge in [-0.25, -0.2) is 0 Å². The molecule has 2 rings (SSSR count). The first-order valence-corrected chi connectivity index (χ1v) is 8.29. The van der Waals surface area contributed by atoms with Crippen molar-refractivity contribution in [3.8, 4) is 0 Å². The summed E-state index contributed by atoms with van der Waals surface area (Å²) >= 11 is 0. The topological polar surface area (TPSA) is 84.9 Å². The smallest absolute Gasteiger partial charge is 0.325 e. The monoisotopic (exact) mass is 348 g/mol. The Hall–Kier alpha value is -2.41. The minimum Gasteiger partial charge on any atom is -0.454 e. The van der Waals surface area contributed by atoms with E-state index in [0.29, 0.717) is 18.7 Å². The number of ether oxygens (including phenoxy) is 2. The third-order valence-electron chi connectivity index (χ3n) is 3.84. The Kier molecular flexibility index (Phi) is 6.52. The van der Waals surface area contributed by atoms with Crippen LogP contribution in [0, 0.1) is 6.92 Å². The van der Waals surface area contributed by atoms with Crippen molar-refractivity contribution in [2.24, 2.45) is 0 Å². The maximum atomic E-state index is 12.1. The number of amides is 2. The van der Waals surface area contributed by atoms with Gasteiger partial charge in [0.1, 0.15) is 6.54 Å². The van der Waals surface area contributed by atoms with Crippen LogP contribution in [-0.4, -0.2) is 61.1 Å². The fourth-order valence-corrected chi connectivity index (χ4v) is 2.63. The zero-order valence-electron chi connectivity index (χ0n) is 14.8. The van der Waals surface area contributed by atoms with Gasteiger partial charge >= 0.3 is 5.97 Å². The third-order valence-corrected chi connectivity index (χ3v) is 3.84. The molecule has 1 aliphatic heterocycles. The Bertz CT molecular complexity index is 619. The molecule has 1 N–H and O–H groups in total. The highest BCUT2D eigenvalue weighted by molar-refractivity contribution is 5.96. The van der Waals surface area contributed by atoms with Gasteiger partial charge in [-0.05, 0) is 32.9 Å². The second-order valence-corrected chi connectivity index (χ2v) is 6.27. The molecule has 136 valence electrons. The maximum Gasteiger partial charge on any atom is 0.325 e. The molecule has 0 saturated carbocycles. The number of benzene rings is 1. The van der Waals surface area contributed by atoms with Crippen molar-refractivity contribution in [1.29, 1.82) is 0 Å². The standard InChI is InChI=1S/C18H24N2O5/c1-12-4-6-15(7-5-12)18(23)19-8-17(22)24-11-16(21)20-9-13(2)25-14(3)10-20/h4-7,13-14H,8-11H2,1-3H3,(H,19,23)/t13-,14+. The number of carbonyl (C=O) groups is 3. The van der Waals surface area contributed by atoms with E-state index in [1.54, 1.807) is 17.0 Å². The summed E-state index contributed by atoms with van der Waals surface area (Å²) in [5.74, 6) is -1.28. The first-order valence-electron chi connectivity index (χ1n) is 8.29. The van der Waals surface area contributed by atoms with Crippen LogP contribution in [0.15, 0.2) is 24.3 Å². The zero-order chi connectivity index (χ0) is 18.4. The van der Waals surface area contributed by atoms with Crippen molar-refractivity contribution in [3.63, 3.8) is 0 Å². The molecule has 0 aromatic heterocycles. The third kappa shape index (κ3) is 5.86. The van der Waals surface area contributed by atoms with Crippen molar-refractivity contribution >= 4 is 17.8 Å². The van der Waals surface area contributed by atoms with E-state index < -0.39 is 5.97 Å². The average molecular weight is 348 g/mol. The number of nitrogens with zero attached hydrogens (tertiary/aromatic N) is 1. The van der Waals surface area contributed by atoms with Crippen LogP contribution < -0.4 is 5.32 Å². The van der Waals surface area contributed by atoms with E-state index in [1.165, 1.54) is 0 Å². The molecule has 25 heavy (non-hydrogen) atoms. The van der Waals surface area contributed by atoms with E-state index in [0.717, 1.165) is 5.56 Å². The predicted octanol–water partition coefficient (Wildman–Crippen LogP) is 0.904. The summed E-state index contributed by atoms with van der Waals surface area (Å²) in [6.07, 6.45) is -0.0885. The number of aryl methyl sites for hydroxylation is 1. The highest BCUT2D eigenvalue weighted by Crippen LogP contribution is 2.10. The minimum absolute atomic E-state index is 0.0443. The molecule has 1 fully saturated rings. The number of hydrogen-bond donors (Lipinski definition) is 1. The van der Waals surface area contributed by atoms with Gasteiger partial charge in [-0.15, -0.1) is 0 Å². The van der Waals surface area contributed by atoms with E-state index in [4.69, 9.17) is 9.47 Å². The van der Waals surface area contributed by atoms with Crippen molar-refractivity contribution < 1.29 is 23.9 Å². The van der Waals surface area contributed by atoms with E-state index in [2.05, 4.69) is 5.32 Å². The molecule has 1 aromatic rings. The van der Waals surface area contributed by atoms with Gasteiger partial charge in [0.2, 0.25) is 0 Å². The van der Waals surface area contributed by atoms with Crippen LogP contribution in [0.25, 0.3) is 0 Å². The molecule has 1 aliphatic rings. The molecule has 7 heteroatoms. The van der Waals surface area contributed by atoms with E-state index in [9.17, 15) is 14.4 Å². The first kappa shape index (κ1) is 18.9. The highest BCUT2D eigenvalue weighted by atomic mass is 16.5. The Morgan fingerprint density at radius 1 is 1.16 bits per heavy atom. The van der Waals surface area contributed by atoms with Crippen molar-refractivity contribution in [1.82, 2.24) is 10.2 Å². The molecule has 1 saturated heterocycles. The van der Waals surface area contributed by atoms with Crippen molar-refractivity contribution in [2.45, 2.75) is 33.0 Å². The molecular weight excluding hydrogens is 324 g/mol. The van der Waals surface area contributed by atoms with Gasteiger partial charge in [-0.1, -0.05) is 17.7 Å². The lowest BCUT2D eigenvalue weighted by Gasteiger charge is -2.35. The van der Waals surface area contributed by atoms with Crippen LogP contribution in [0.1, 0.15) is 29.8 Å². The number of hydrogen-bond acceptors (Lipinski definition) is 5. The summed E-state index contributed by atoms with van der Waals surface area (Å²) in [6.45, 7) is 6.04. The van der Waals surface area contributed by atoms with Crippen LogP contribution in [0.2, 0.25) is 0 Å². The summed E-state index contributed by atoms with van der Waals surface area (Å²) in [6, 6.07) is 6.99. The van der Waals surface area contributed by atoms with Gasteiger partial charge in [0, 0.05) is 18.7 Å². The van der Waals surface area contributed by atoms with E-state index in [1.807, 2.05) is 32.9 Å². The fraction of sp³-hybridized carbons (Fsp3) is 0.500. The molecule has 0 spiro atoms. The number of carbonyl (C=O) groups excluding carboxylic acids is 3. The number of rotatable bonds is 5. The lowest BCUT2D eigenvalue weighted by atomic mass is 10.1. The SMILES string of the molecule is Cc1ccc(C(=O)NCC(=O)OCC(=O)N2C[C@@H](C)O[C@@H](C)C2)cc1. The van der Waals surface area contributed by atoms with Gasteiger partial charge in [0.25, 0.3) is 11.8 Å². The zero-order valence-corrected chi connectivity index (χ0v) is 14.8. The summed E-state index contributed by atoms with van der Waals surface area (Å²) in [7, 11) is 0. The molecule has 1 aromatic carbocycles. The second-order valence-electron chi connectivity index (χ2n) is 6.27. The normalized spacial score (nSPS) is 20.0. The fourth-order valence-electron chi connectivity index (χ4n) is 2.63. The molecule has 1 heterocycles. The largest absolute Gasteiger partial charge is 0.454 e. The first-order chi connectivity index (χ1) is 11.8. The predicted molar refractivity (Wildman–Crippen MR) is 91.1 cm³/mol. The molecule has 7 nitrogen and oxygen atoms in total. The van der Waals surface area contributed by atoms with E-state index >= 15 is 0 Å². The Balaban J connectivity index is 1.72. The number of esters is 1. The second kappa shape index (κ2) is 8.62.